The van der Waals surface area contributed by atoms with Crippen LogP contribution in [0.15, 0.2) is 47.6 Å². The number of nitrogens with one attached hydrogen (secondary N) is 1. The van der Waals surface area contributed by atoms with Gasteiger partial charge in [0.2, 0.25) is 0 Å². The smallest absolute Gasteiger partial charge is 0.279 e. The maximum Gasteiger partial charge on any atom is 0.279 e. The van der Waals surface area contributed by atoms with E-state index in [-0.39, 0.29) is 5.57 Å². The SMILES string of the molecule is C=C(C)C(=C\C=C(/C)C(=N)C(F)F)/C=C/C. The second-order valence-corrected chi connectivity index (χ2v) is 3.47. The van der Waals surface area contributed by atoms with Crippen molar-refractivity contribution < 1.29 is 8.78 Å². The summed E-state index contributed by atoms with van der Waals surface area (Å²) in [6.45, 7) is 8.99. The third kappa shape index (κ3) is 4.82. The minimum atomic E-state index is -2.72. The number of allylic oxidation sites excluding steroid dienone is 7. The van der Waals surface area contributed by atoms with E-state index in [1.54, 1.807) is 6.08 Å². The molecule has 0 unspecified atom stereocenters. The molecule has 0 amide bonds. The van der Waals surface area contributed by atoms with E-state index in [1.807, 2.05) is 26.0 Å². The third-order valence-electron chi connectivity index (χ3n) is 1.99. The van der Waals surface area contributed by atoms with Crippen LogP contribution in [0, 0.1) is 5.41 Å². The van der Waals surface area contributed by atoms with Crippen LogP contribution >= 0.6 is 0 Å². The molecular formula is C13H17F2N. The van der Waals surface area contributed by atoms with Gasteiger partial charge in [-0.2, -0.15) is 0 Å². The van der Waals surface area contributed by atoms with Gasteiger partial charge in [-0.1, -0.05) is 36.5 Å². The van der Waals surface area contributed by atoms with Gasteiger partial charge in [0.05, 0.1) is 0 Å². The van der Waals surface area contributed by atoms with Crippen LogP contribution in [0.3, 0.4) is 0 Å². The zero-order valence-electron chi connectivity index (χ0n) is 9.85. The van der Waals surface area contributed by atoms with Crippen molar-refractivity contribution in [2.75, 3.05) is 0 Å². The van der Waals surface area contributed by atoms with E-state index in [4.69, 9.17) is 5.41 Å². The first-order valence-corrected chi connectivity index (χ1v) is 4.94. The van der Waals surface area contributed by atoms with Crippen molar-refractivity contribution in [3.8, 4) is 0 Å². The molecule has 0 aliphatic rings. The molecular weight excluding hydrogens is 208 g/mol. The molecule has 1 nitrogen and oxygen atoms in total. The summed E-state index contributed by atoms with van der Waals surface area (Å²) in [6, 6.07) is 0. The second-order valence-electron chi connectivity index (χ2n) is 3.47. The third-order valence-corrected chi connectivity index (χ3v) is 1.99. The van der Waals surface area contributed by atoms with Gasteiger partial charge in [0, 0.05) is 0 Å². The molecule has 0 aliphatic carbocycles. The lowest BCUT2D eigenvalue weighted by Gasteiger charge is -2.02. The number of alkyl halides is 2. The van der Waals surface area contributed by atoms with Gasteiger partial charge in [-0.15, -0.1) is 0 Å². The highest BCUT2D eigenvalue weighted by molar-refractivity contribution is 5.99. The summed E-state index contributed by atoms with van der Waals surface area (Å²) < 4.78 is 24.4. The van der Waals surface area contributed by atoms with Gasteiger partial charge in [0.1, 0.15) is 5.71 Å². The molecule has 0 aromatic rings. The Balaban J connectivity index is 4.95. The Morgan fingerprint density at radius 2 is 1.81 bits per heavy atom. The average Bonchev–Trinajstić information content (AvgIpc) is 2.21. The lowest BCUT2D eigenvalue weighted by Crippen LogP contribution is -2.09. The summed E-state index contributed by atoms with van der Waals surface area (Å²) in [7, 11) is 0. The molecule has 0 fully saturated rings. The lowest BCUT2D eigenvalue weighted by molar-refractivity contribution is 0.225. The first kappa shape index (κ1) is 14.5. The molecule has 0 rings (SSSR count). The largest absolute Gasteiger partial charge is 0.299 e. The molecule has 0 spiro atoms. The van der Waals surface area contributed by atoms with Crippen molar-refractivity contribution >= 4 is 5.71 Å². The molecule has 0 aliphatic heterocycles. The predicted octanol–water partition coefficient (Wildman–Crippen LogP) is 4.30. The maximum atomic E-state index is 12.2. The number of halogens is 2. The van der Waals surface area contributed by atoms with Crippen LogP contribution < -0.4 is 0 Å². The van der Waals surface area contributed by atoms with Gasteiger partial charge in [0.15, 0.2) is 0 Å². The molecule has 0 bridgehead atoms. The second kappa shape index (κ2) is 6.88. The fourth-order valence-electron chi connectivity index (χ4n) is 0.996. The monoisotopic (exact) mass is 225 g/mol. The van der Waals surface area contributed by atoms with Gasteiger partial charge in [-0.05, 0) is 31.9 Å². The maximum absolute atomic E-state index is 12.2. The molecule has 0 atom stereocenters. The quantitative estimate of drug-likeness (QED) is 0.533. The van der Waals surface area contributed by atoms with Crippen molar-refractivity contribution in [2.45, 2.75) is 27.2 Å². The predicted molar refractivity (Wildman–Crippen MR) is 65.2 cm³/mol. The molecule has 0 saturated carbocycles. The van der Waals surface area contributed by atoms with Crippen molar-refractivity contribution in [1.29, 1.82) is 5.41 Å². The van der Waals surface area contributed by atoms with E-state index in [9.17, 15) is 8.78 Å². The van der Waals surface area contributed by atoms with Crippen molar-refractivity contribution in [3.63, 3.8) is 0 Å². The average molecular weight is 225 g/mol. The summed E-state index contributed by atoms with van der Waals surface area (Å²) in [5.74, 6) is 0. The number of hydrogen-bond acceptors (Lipinski definition) is 1. The Hall–Kier alpha value is -1.51. The van der Waals surface area contributed by atoms with E-state index in [2.05, 4.69) is 6.58 Å². The van der Waals surface area contributed by atoms with E-state index in [0.29, 0.717) is 0 Å². The summed E-state index contributed by atoms with van der Waals surface area (Å²) >= 11 is 0. The Bertz CT molecular complexity index is 360. The minimum absolute atomic E-state index is 0.262. The Morgan fingerprint density at radius 1 is 1.25 bits per heavy atom. The zero-order chi connectivity index (χ0) is 12.7. The van der Waals surface area contributed by atoms with Crippen LogP contribution in [0.4, 0.5) is 8.78 Å². The topological polar surface area (TPSA) is 23.9 Å². The first-order valence-electron chi connectivity index (χ1n) is 4.94. The van der Waals surface area contributed by atoms with Crippen molar-refractivity contribution in [2.24, 2.45) is 0 Å². The van der Waals surface area contributed by atoms with Crippen LogP contribution in [0.5, 0.6) is 0 Å². The highest BCUT2D eigenvalue weighted by Gasteiger charge is 2.11. The van der Waals surface area contributed by atoms with Crippen LogP contribution in [-0.4, -0.2) is 12.1 Å². The molecule has 0 saturated heterocycles. The number of rotatable bonds is 5. The zero-order valence-corrected chi connectivity index (χ0v) is 9.85. The Kier molecular flexibility index (Phi) is 6.23. The van der Waals surface area contributed by atoms with Crippen LogP contribution in [0.1, 0.15) is 20.8 Å². The fraction of sp³-hybridized carbons (Fsp3) is 0.308. The molecule has 88 valence electrons. The van der Waals surface area contributed by atoms with E-state index in [1.165, 1.54) is 13.0 Å². The fourth-order valence-corrected chi connectivity index (χ4v) is 0.996. The summed E-state index contributed by atoms with van der Waals surface area (Å²) in [4.78, 5) is 0. The van der Waals surface area contributed by atoms with Gasteiger partial charge >= 0.3 is 0 Å². The molecule has 0 aromatic carbocycles. The molecule has 16 heavy (non-hydrogen) atoms. The minimum Gasteiger partial charge on any atom is -0.299 e. The molecule has 0 heterocycles. The summed E-state index contributed by atoms with van der Waals surface area (Å²) in [5, 5.41) is 7.11. The molecule has 1 N–H and O–H groups in total. The van der Waals surface area contributed by atoms with Crippen molar-refractivity contribution in [1.82, 2.24) is 0 Å². The highest BCUT2D eigenvalue weighted by Crippen LogP contribution is 2.11. The van der Waals surface area contributed by atoms with Crippen LogP contribution in [0.2, 0.25) is 0 Å². The summed E-state index contributed by atoms with van der Waals surface area (Å²) in [5.41, 5.74) is 1.34. The normalized spacial score (nSPS) is 13.6. The van der Waals surface area contributed by atoms with Gasteiger partial charge in [0.25, 0.3) is 6.43 Å². The van der Waals surface area contributed by atoms with Gasteiger partial charge in [-0.25, -0.2) is 8.78 Å². The molecule has 0 aromatic heterocycles. The molecule has 3 heteroatoms. The lowest BCUT2D eigenvalue weighted by atomic mass is 10.1. The van der Waals surface area contributed by atoms with Crippen LogP contribution in [0.25, 0.3) is 0 Å². The van der Waals surface area contributed by atoms with E-state index < -0.39 is 12.1 Å². The van der Waals surface area contributed by atoms with Gasteiger partial charge < -0.3 is 0 Å². The highest BCUT2D eigenvalue weighted by atomic mass is 19.3. The van der Waals surface area contributed by atoms with Gasteiger partial charge in [-0.3, -0.25) is 5.41 Å². The Morgan fingerprint density at radius 3 is 2.19 bits per heavy atom. The molecule has 0 radical (unpaired) electrons. The number of hydrogen-bond donors (Lipinski definition) is 1. The first-order chi connectivity index (χ1) is 7.40. The van der Waals surface area contributed by atoms with E-state index in [0.717, 1.165) is 11.1 Å². The van der Waals surface area contributed by atoms with E-state index >= 15 is 0 Å². The summed E-state index contributed by atoms with van der Waals surface area (Å²) in [6.07, 6.45) is 4.17. The van der Waals surface area contributed by atoms with Crippen LogP contribution in [-0.2, 0) is 0 Å². The standard InChI is InChI=1S/C13H17F2N/c1-5-6-11(9(2)3)8-7-10(4)12(16)13(14)15/h5-8,13,16H,2H2,1,3-4H3/b6-5+,10-7+,11-8-,16-12?. The van der Waals surface area contributed by atoms with Crippen molar-refractivity contribution in [3.05, 3.63) is 47.6 Å². The Labute approximate surface area is 95.4 Å².